The fraction of sp³-hybridized carbons (Fsp3) is 0.333. The van der Waals surface area contributed by atoms with Gasteiger partial charge < -0.3 is 20.5 Å². The van der Waals surface area contributed by atoms with E-state index in [0.717, 1.165) is 17.0 Å². The van der Waals surface area contributed by atoms with E-state index in [4.69, 9.17) is 9.84 Å². The summed E-state index contributed by atoms with van der Waals surface area (Å²) in [5.74, 6) is -2.52. The molecule has 0 aliphatic carbocycles. The van der Waals surface area contributed by atoms with Crippen LogP contribution in [0.2, 0.25) is 0 Å². The normalized spacial score (nSPS) is 10.4. The average molecular weight is 501 g/mol. The van der Waals surface area contributed by atoms with Crippen LogP contribution in [0, 0.1) is 18.8 Å². The minimum Gasteiger partial charge on any atom is -0.483 e. The fourth-order valence-electron chi connectivity index (χ4n) is 2.58. The Morgan fingerprint density at radius 2 is 1.50 bits per heavy atom. The molecule has 0 aliphatic heterocycles. The molecule has 1 atom stereocenters. The van der Waals surface area contributed by atoms with E-state index in [1.165, 1.54) is 0 Å². The first kappa shape index (κ1) is 31.8. The molecule has 0 heterocycles. The lowest BCUT2D eigenvalue weighted by Crippen LogP contribution is -2.47. The Morgan fingerprint density at radius 3 is 2.06 bits per heavy atom. The third-order valence-corrected chi connectivity index (χ3v) is 4.01. The zero-order chi connectivity index (χ0) is 27.5. The van der Waals surface area contributed by atoms with E-state index in [-0.39, 0.29) is 6.61 Å². The highest BCUT2D eigenvalue weighted by atomic mass is 19.1. The lowest BCUT2D eigenvalue weighted by atomic mass is 10.1. The predicted molar refractivity (Wildman–Crippen MR) is 136 cm³/mol. The van der Waals surface area contributed by atoms with E-state index in [0.29, 0.717) is 5.75 Å². The van der Waals surface area contributed by atoms with E-state index >= 15 is 0 Å². The molecule has 0 aliphatic rings. The van der Waals surface area contributed by atoms with E-state index in [2.05, 4.69) is 44.3 Å². The molecule has 2 aromatic carbocycles. The summed E-state index contributed by atoms with van der Waals surface area (Å²) in [5, 5.41) is 13.1. The minimum atomic E-state index is -1.49. The van der Waals surface area contributed by atoms with Crippen LogP contribution in [0.1, 0.15) is 27.2 Å². The molecule has 9 heteroatoms. The molecule has 8 nitrogen and oxygen atoms in total. The van der Waals surface area contributed by atoms with Gasteiger partial charge in [0, 0.05) is 5.56 Å². The fourth-order valence-corrected chi connectivity index (χ4v) is 2.58. The van der Waals surface area contributed by atoms with Gasteiger partial charge in [0.25, 0.3) is 5.91 Å². The molecular weight excluding hydrogens is 467 g/mol. The summed E-state index contributed by atoms with van der Waals surface area (Å²) < 4.78 is 18.0. The van der Waals surface area contributed by atoms with Crippen LogP contribution in [0.3, 0.4) is 0 Å². The summed E-state index contributed by atoms with van der Waals surface area (Å²) >= 11 is 0. The number of Topliss-reactive ketones (excluding diaryl/α,β-unsaturated/α-hetero) is 1. The summed E-state index contributed by atoms with van der Waals surface area (Å²) in [6.07, 6.45) is 7.25. The average Bonchev–Trinajstić information content (AvgIpc) is 2.86. The van der Waals surface area contributed by atoms with Crippen LogP contribution in [-0.2, 0) is 19.2 Å². The Labute approximate surface area is 211 Å². The molecule has 36 heavy (non-hydrogen) atoms. The molecule has 0 saturated carbocycles. The lowest BCUT2D eigenvalue weighted by molar-refractivity contribution is -0.140. The monoisotopic (exact) mass is 500 g/mol. The molecule has 0 saturated heterocycles. The minimum absolute atomic E-state index is 0.362. The number of alkyl halides is 1. The maximum Gasteiger partial charge on any atom is 0.305 e. The van der Waals surface area contributed by atoms with Crippen LogP contribution in [0.15, 0.2) is 54.6 Å². The summed E-state index contributed by atoms with van der Waals surface area (Å²) in [5.41, 5.74) is 1.71. The number of ketones is 1. The summed E-state index contributed by atoms with van der Waals surface area (Å²) in [6.45, 7) is 4.22. The number of terminal acetylenes is 1. The van der Waals surface area contributed by atoms with E-state index in [1.54, 1.807) is 12.1 Å². The number of nitrogens with one attached hydrogen (secondary N) is 2. The number of hydrogen-bond acceptors (Lipinski definition) is 5. The van der Waals surface area contributed by atoms with Gasteiger partial charge in [-0.2, -0.15) is 0 Å². The van der Waals surface area contributed by atoms with Crippen LogP contribution in [-0.4, -0.2) is 54.5 Å². The standard InChI is InChI=1S/C21H21FN2O6.C4H10.C2H2/c22-11-17(25)16(10-21(28)29)24-19(26)12-23-20(27)13-30-18-9-5-4-8-15(18)14-6-2-1-3-7-14;1-4(2)3;1-2/h1-9,16H,10-13H2,(H,23,27)(H,24,26)(H,28,29);4H,1-3H3;1-2H. The molecule has 2 rings (SSSR count). The van der Waals surface area contributed by atoms with Gasteiger partial charge in [-0.05, 0) is 17.5 Å². The number of hydrogen-bond donors (Lipinski definition) is 3. The van der Waals surface area contributed by atoms with Gasteiger partial charge in [0.2, 0.25) is 5.91 Å². The molecule has 2 amide bonds. The van der Waals surface area contributed by atoms with Gasteiger partial charge in [-0.1, -0.05) is 69.3 Å². The van der Waals surface area contributed by atoms with Crippen molar-refractivity contribution in [1.82, 2.24) is 10.6 Å². The van der Waals surface area contributed by atoms with Crippen LogP contribution >= 0.6 is 0 Å². The van der Waals surface area contributed by atoms with Crippen molar-refractivity contribution in [3.8, 4) is 29.7 Å². The van der Waals surface area contributed by atoms with Gasteiger partial charge in [0.1, 0.15) is 18.5 Å². The summed E-state index contributed by atoms with van der Waals surface area (Å²) in [6, 6.07) is 15.1. The first-order valence-corrected chi connectivity index (χ1v) is 11.1. The number of rotatable bonds is 11. The number of ether oxygens (including phenoxy) is 1. The van der Waals surface area contributed by atoms with Crippen molar-refractivity contribution in [3.63, 3.8) is 0 Å². The van der Waals surface area contributed by atoms with E-state index < -0.39 is 49.2 Å². The smallest absolute Gasteiger partial charge is 0.305 e. The van der Waals surface area contributed by atoms with Crippen LogP contribution in [0.5, 0.6) is 5.75 Å². The maximum atomic E-state index is 12.5. The highest BCUT2D eigenvalue weighted by molar-refractivity contribution is 5.93. The van der Waals surface area contributed by atoms with Crippen LogP contribution < -0.4 is 15.4 Å². The second kappa shape index (κ2) is 18.2. The lowest BCUT2D eigenvalue weighted by Gasteiger charge is -2.15. The molecule has 0 bridgehead atoms. The number of benzene rings is 2. The van der Waals surface area contributed by atoms with Crippen molar-refractivity contribution in [2.24, 2.45) is 5.92 Å². The Bertz CT molecular complexity index is 989. The summed E-state index contributed by atoms with van der Waals surface area (Å²) in [7, 11) is 0. The number of carbonyl (C=O) groups is 4. The molecule has 0 fully saturated rings. The zero-order valence-corrected chi connectivity index (χ0v) is 20.7. The highest BCUT2D eigenvalue weighted by Crippen LogP contribution is 2.29. The number of aliphatic carboxylic acids is 1. The first-order valence-electron chi connectivity index (χ1n) is 11.1. The second-order valence-corrected chi connectivity index (χ2v) is 7.98. The van der Waals surface area contributed by atoms with Crippen molar-refractivity contribution in [1.29, 1.82) is 0 Å². The summed E-state index contributed by atoms with van der Waals surface area (Å²) in [4.78, 5) is 45.9. The SMILES string of the molecule is C#C.CC(C)C.O=C(O)CC(NC(=O)CNC(=O)COc1ccccc1-c1ccccc1)C(=O)CF. The Balaban J connectivity index is 0.00000185. The quantitative estimate of drug-likeness (QED) is 0.407. The molecule has 2 aromatic rings. The Morgan fingerprint density at radius 1 is 0.944 bits per heavy atom. The van der Waals surface area contributed by atoms with Gasteiger partial charge in [0.05, 0.1) is 13.0 Å². The van der Waals surface area contributed by atoms with Gasteiger partial charge >= 0.3 is 5.97 Å². The number of carboxylic acid groups (broad SMARTS) is 1. The van der Waals surface area contributed by atoms with Crippen molar-refractivity contribution >= 4 is 23.6 Å². The van der Waals surface area contributed by atoms with Crippen molar-refractivity contribution in [2.45, 2.75) is 33.2 Å². The number of para-hydroxylation sites is 1. The van der Waals surface area contributed by atoms with Crippen molar-refractivity contribution < 1.29 is 33.4 Å². The van der Waals surface area contributed by atoms with Gasteiger partial charge in [-0.25, -0.2) is 4.39 Å². The van der Waals surface area contributed by atoms with Gasteiger partial charge in [-0.3, -0.25) is 19.2 Å². The van der Waals surface area contributed by atoms with Gasteiger partial charge in [0.15, 0.2) is 12.4 Å². The number of amides is 2. The second-order valence-electron chi connectivity index (χ2n) is 7.98. The van der Waals surface area contributed by atoms with Crippen molar-refractivity contribution in [3.05, 3.63) is 54.6 Å². The number of carboxylic acids is 1. The largest absolute Gasteiger partial charge is 0.483 e. The van der Waals surface area contributed by atoms with Crippen LogP contribution in [0.4, 0.5) is 4.39 Å². The third kappa shape index (κ3) is 13.5. The zero-order valence-electron chi connectivity index (χ0n) is 20.7. The Hall–Kier alpha value is -4.19. The predicted octanol–water partition coefficient (Wildman–Crippen LogP) is 3.26. The number of halogens is 1. The first-order chi connectivity index (χ1) is 17.1. The molecule has 194 valence electrons. The van der Waals surface area contributed by atoms with Crippen LogP contribution in [0.25, 0.3) is 11.1 Å². The third-order valence-electron chi connectivity index (χ3n) is 4.01. The van der Waals surface area contributed by atoms with E-state index in [1.807, 2.05) is 42.5 Å². The van der Waals surface area contributed by atoms with Gasteiger partial charge in [-0.15, -0.1) is 12.8 Å². The van der Waals surface area contributed by atoms with E-state index in [9.17, 15) is 23.6 Å². The molecule has 1 unspecified atom stereocenters. The molecule has 0 radical (unpaired) electrons. The topological polar surface area (TPSA) is 122 Å². The Kier molecular flexibility index (Phi) is 16.1. The molecule has 3 N–H and O–H groups in total. The van der Waals surface area contributed by atoms with Crippen molar-refractivity contribution in [2.75, 3.05) is 19.8 Å². The molecule has 0 aromatic heterocycles. The maximum absolute atomic E-state index is 12.5. The number of carbonyl (C=O) groups excluding carboxylic acids is 3. The molecule has 0 spiro atoms. The molecular formula is C27H33FN2O6. The highest BCUT2D eigenvalue weighted by Gasteiger charge is 2.23.